The lowest BCUT2D eigenvalue weighted by molar-refractivity contribution is -0.383. The first kappa shape index (κ1) is 25.1. The minimum atomic E-state index is -4.85. The Morgan fingerprint density at radius 1 is 1.22 bits per heavy atom. The summed E-state index contributed by atoms with van der Waals surface area (Å²) in [5.41, 5.74) is -2.71. The van der Waals surface area contributed by atoms with Crippen molar-refractivity contribution in [3.8, 4) is 11.4 Å². The average molecular weight is 552 g/mol. The van der Waals surface area contributed by atoms with E-state index in [2.05, 4.69) is 15.1 Å². The highest BCUT2D eigenvalue weighted by Crippen LogP contribution is 2.42. The summed E-state index contributed by atoms with van der Waals surface area (Å²) in [5, 5.41) is 16.1. The molecule has 4 aromatic rings. The van der Waals surface area contributed by atoms with Gasteiger partial charge in [0.2, 0.25) is 11.7 Å². The van der Waals surface area contributed by atoms with Gasteiger partial charge in [-0.2, -0.15) is 23.1 Å². The van der Waals surface area contributed by atoms with Crippen molar-refractivity contribution in [2.24, 2.45) is 0 Å². The van der Waals surface area contributed by atoms with Crippen molar-refractivity contribution in [2.45, 2.75) is 31.9 Å². The van der Waals surface area contributed by atoms with Gasteiger partial charge in [0.25, 0.3) is 11.2 Å². The number of nitro benzene ring substituents is 1. The molecule has 0 atom stereocenters. The molecule has 1 saturated heterocycles. The Balaban J connectivity index is 1.41. The summed E-state index contributed by atoms with van der Waals surface area (Å²) < 4.78 is 45.7. The molecule has 2 aromatic heterocycles. The van der Waals surface area contributed by atoms with Gasteiger partial charge in [0, 0.05) is 35.2 Å². The third-order valence-corrected chi connectivity index (χ3v) is 7.64. The lowest BCUT2D eigenvalue weighted by Gasteiger charge is -2.30. The first-order valence-electron chi connectivity index (χ1n) is 11.1. The summed E-state index contributed by atoms with van der Waals surface area (Å²) in [6, 6.07) is 7.71. The fourth-order valence-corrected chi connectivity index (χ4v) is 5.77. The van der Waals surface area contributed by atoms with Gasteiger partial charge in [-0.05, 0) is 38.0 Å². The topological polar surface area (TPSA) is 115 Å². The molecular weight excluding hydrogens is 535 g/mol. The zero-order chi connectivity index (χ0) is 26.5. The van der Waals surface area contributed by atoms with E-state index in [1.165, 1.54) is 0 Å². The smallest absolute Gasteiger partial charge is 0.348 e. The van der Waals surface area contributed by atoms with Crippen LogP contribution in [0.15, 0.2) is 39.6 Å². The van der Waals surface area contributed by atoms with Crippen molar-refractivity contribution in [3.05, 3.63) is 72.8 Å². The number of halogens is 4. The second kappa shape index (κ2) is 9.38. The van der Waals surface area contributed by atoms with Crippen LogP contribution in [0.3, 0.4) is 0 Å². The van der Waals surface area contributed by atoms with E-state index in [0.717, 1.165) is 23.8 Å². The van der Waals surface area contributed by atoms with Gasteiger partial charge in [0.05, 0.1) is 15.9 Å². The Labute approximate surface area is 215 Å². The van der Waals surface area contributed by atoms with Crippen LogP contribution in [-0.4, -0.2) is 33.1 Å². The molecule has 9 nitrogen and oxygen atoms in total. The number of nitro groups is 1. The lowest BCUT2D eigenvalue weighted by Crippen LogP contribution is -2.34. The number of nitrogens with zero attached hydrogens (tertiary/aromatic N) is 5. The fourth-order valence-electron chi connectivity index (χ4n) is 4.38. The van der Waals surface area contributed by atoms with Crippen LogP contribution in [0.4, 0.5) is 24.0 Å². The zero-order valence-corrected chi connectivity index (χ0v) is 20.7. The van der Waals surface area contributed by atoms with Crippen molar-refractivity contribution in [1.29, 1.82) is 0 Å². The second-order valence-electron chi connectivity index (χ2n) is 8.56. The molecule has 14 heteroatoms. The molecule has 1 aliphatic rings. The molecule has 5 rings (SSSR count). The lowest BCUT2D eigenvalue weighted by atomic mass is 9.97. The molecule has 0 radical (unpaired) electrons. The Bertz CT molecular complexity index is 1580. The van der Waals surface area contributed by atoms with Crippen LogP contribution in [0.25, 0.3) is 21.5 Å². The summed E-state index contributed by atoms with van der Waals surface area (Å²) in [4.78, 5) is 33.8. The summed E-state index contributed by atoms with van der Waals surface area (Å²) in [7, 11) is 0. The van der Waals surface area contributed by atoms with Gasteiger partial charge in [-0.25, -0.2) is 0 Å². The van der Waals surface area contributed by atoms with Gasteiger partial charge < -0.3 is 9.42 Å². The van der Waals surface area contributed by atoms with Gasteiger partial charge >= 0.3 is 6.18 Å². The van der Waals surface area contributed by atoms with E-state index in [9.17, 15) is 28.1 Å². The molecule has 3 heterocycles. The Hall–Kier alpha value is -3.58. The number of piperidine rings is 1. The van der Waals surface area contributed by atoms with E-state index in [4.69, 9.17) is 16.1 Å². The van der Waals surface area contributed by atoms with Crippen LogP contribution in [0.1, 0.15) is 35.8 Å². The number of hydrogen-bond acceptors (Lipinski definition) is 9. The molecule has 0 N–H and O–H groups in total. The number of rotatable bonds is 4. The Kier molecular flexibility index (Phi) is 6.36. The first-order valence-corrected chi connectivity index (χ1v) is 12.3. The van der Waals surface area contributed by atoms with E-state index in [0.29, 0.717) is 48.7 Å². The van der Waals surface area contributed by atoms with E-state index >= 15 is 0 Å². The van der Waals surface area contributed by atoms with E-state index < -0.39 is 38.9 Å². The molecular formula is C23H17ClF3N5O4S. The average Bonchev–Trinajstić information content (AvgIpc) is 3.33. The maximum absolute atomic E-state index is 13.4. The number of fused-ring (bicyclic) bond motifs is 1. The Morgan fingerprint density at radius 3 is 2.59 bits per heavy atom. The van der Waals surface area contributed by atoms with E-state index in [-0.39, 0.29) is 15.7 Å². The predicted molar refractivity (Wildman–Crippen MR) is 131 cm³/mol. The van der Waals surface area contributed by atoms with Crippen molar-refractivity contribution < 1.29 is 22.6 Å². The summed E-state index contributed by atoms with van der Waals surface area (Å²) in [6.07, 6.45) is -3.69. The number of alkyl halides is 3. The third-order valence-electron chi connectivity index (χ3n) is 6.26. The maximum atomic E-state index is 13.4. The van der Waals surface area contributed by atoms with Crippen molar-refractivity contribution in [3.63, 3.8) is 0 Å². The van der Waals surface area contributed by atoms with Gasteiger partial charge in [0.15, 0.2) is 5.13 Å². The van der Waals surface area contributed by atoms with Crippen molar-refractivity contribution in [1.82, 2.24) is 15.1 Å². The van der Waals surface area contributed by atoms with Gasteiger partial charge in [-0.1, -0.05) is 40.2 Å². The number of hydrogen-bond donors (Lipinski definition) is 0. The minimum Gasteiger partial charge on any atom is -0.348 e. The SMILES string of the molecule is Cc1c(C(F)(F)F)cc2c(=O)nc(N3CCC(c4nc(-c5cccc(Cl)c5)no4)CC3)sc2c1[N+](=O)[O-]. The van der Waals surface area contributed by atoms with Crippen molar-refractivity contribution in [2.75, 3.05) is 18.0 Å². The molecule has 2 aromatic carbocycles. The highest BCUT2D eigenvalue weighted by atomic mass is 35.5. The van der Waals surface area contributed by atoms with Crippen LogP contribution >= 0.6 is 22.9 Å². The van der Waals surface area contributed by atoms with Crippen LogP contribution in [0, 0.1) is 17.0 Å². The highest BCUT2D eigenvalue weighted by Gasteiger charge is 2.38. The molecule has 1 fully saturated rings. The third kappa shape index (κ3) is 4.76. The molecule has 0 spiro atoms. The number of benzene rings is 2. The largest absolute Gasteiger partial charge is 0.416 e. The summed E-state index contributed by atoms with van der Waals surface area (Å²) in [5.74, 6) is 0.815. The van der Waals surface area contributed by atoms with Crippen LogP contribution in [-0.2, 0) is 6.18 Å². The molecule has 0 bridgehead atoms. The predicted octanol–water partition coefficient (Wildman–Crippen LogP) is 5.98. The Morgan fingerprint density at radius 2 is 1.95 bits per heavy atom. The van der Waals surface area contributed by atoms with Gasteiger partial charge in [-0.15, -0.1) is 0 Å². The molecule has 0 amide bonds. The van der Waals surface area contributed by atoms with Gasteiger partial charge in [0.1, 0.15) is 4.70 Å². The number of aromatic nitrogens is 3. The molecule has 192 valence electrons. The molecule has 37 heavy (non-hydrogen) atoms. The molecule has 0 aliphatic carbocycles. The second-order valence-corrected chi connectivity index (χ2v) is 9.97. The molecule has 0 saturated carbocycles. The van der Waals surface area contributed by atoms with Crippen LogP contribution in [0.2, 0.25) is 5.02 Å². The van der Waals surface area contributed by atoms with E-state index in [1.807, 2.05) is 6.07 Å². The maximum Gasteiger partial charge on any atom is 0.416 e. The van der Waals surface area contributed by atoms with E-state index in [1.54, 1.807) is 23.1 Å². The first-order chi connectivity index (χ1) is 17.5. The fraction of sp³-hybridized carbons (Fsp3) is 0.304. The van der Waals surface area contributed by atoms with Crippen LogP contribution < -0.4 is 10.5 Å². The van der Waals surface area contributed by atoms with Gasteiger partial charge in [-0.3, -0.25) is 14.9 Å². The normalized spacial score (nSPS) is 14.9. The highest BCUT2D eigenvalue weighted by molar-refractivity contribution is 7.22. The summed E-state index contributed by atoms with van der Waals surface area (Å²) in [6.45, 7) is 1.90. The standard InChI is InChI=1S/C23H17ClF3N5O4S/c1-11-16(23(25,26)27)10-15-18(17(11)32(34)35)37-22(29-20(15)33)31-7-5-12(6-8-31)21-28-19(30-36-21)13-3-2-4-14(24)9-13/h2-4,9-10,12H,5-8H2,1H3. The zero-order valence-electron chi connectivity index (χ0n) is 19.1. The van der Waals surface area contributed by atoms with Crippen molar-refractivity contribution >= 4 is 43.8 Å². The number of anilines is 1. The molecule has 1 aliphatic heterocycles. The quantitative estimate of drug-likeness (QED) is 0.225. The molecule has 0 unspecified atom stereocenters. The summed E-state index contributed by atoms with van der Waals surface area (Å²) >= 11 is 6.87. The van der Waals surface area contributed by atoms with Crippen LogP contribution in [0.5, 0.6) is 0 Å². The minimum absolute atomic E-state index is 0.0558. The monoisotopic (exact) mass is 551 g/mol.